The van der Waals surface area contributed by atoms with E-state index >= 15 is 0 Å². The highest BCUT2D eigenvalue weighted by molar-refractivity contribution is 5.83. The first-order chi connectivity index (χ1) is 9.36. The van der Waals surface area contributed by atoms with Gasteiger partial charge in [0.1, 0.15) is 0 Å². The van der Waals surface area contributed by atoms with Crippen LogP contribution < -0.4 is 5.32 Å². The Bertz CT molecular complexity index is 352. The molecule has 19 heavy (non-hydrogen) atoms. The minimum absolute atomic E-state index is 0.421. The van der Waals surface area contributed by atoms with Gasteiger partial charge in [0.05, 0.1) is 0 Å². The predicted molar refractivity (Wildman–Crippen MR) is 74.7 cm³/mol. The van der Waals surface area contributed by atoms with Gasteiger partial charge in [0, 0.05) is 24.5 Å². The van der Waals surface area contributed by atoms with Crippen LogP contribution in [0, 0.1) is 17.8 Å². The quantitative estimate of drug-likeness (QED) is 0.827. The fourth-order valence-corrected chi connectivity index (χ4v) is 5.07. The highest BCUT2D eigenvalue weighted by atomic mass is 16.2. The van der Waals surface area contributed by atoms with Crippen LogP contribution in [0.4, 0.5) is 0 Å². The molecule has 4 rings (SSSR count). The number of rotatable bonds is 2. The lowest BCUT2D eigenvalue weighted by atomic mass is 10.0. The second kappa shape index (κ2) is 4.76. The zero-order chi connectivity index (χ0) is 12.8. The molecule has 2 saturated carbocycles. The van der Waals surface area contributed by atoms with Gasteiger partial charge in [-0.25, -0.2) is 0 Å². The SMILES string of the molecule is O=C(C1C2CCCCC21)N1CCCC1C1CCCN1. The largest absolute Gasteiger partial charge is 0.338 e. The topological polar surface area (TPSA) is 32.3 Å². The van der Waals surface area contributed by atoms with E-state index in [9.17, 15) is 4.79 Å². The molecule has 2 aliphatic carbocycles. The molecule has 0 spiro atoms. The number of carbonyl (C=O) groups is 1. The van der Waals surface area contributed by atoms with Crippen molar-refractivity contribution in [3.63, 3.8) is 0 Å². The van der Waals surface area contributed by atoms with E-state index in [4.69, 9.17) is 0 Å². The average Bonchev–Trinajstić information content (AvgIpc) is 2.85. The lowest BCUT2D eigenvalue weighted by molar-refractivity contribution is -0.134. The summed E-state index contributed by atoms with van der Waals surface area (Å²) in [5.41, 5.74) is 0. The van der Waals surface area contributed by atoms with Crippen LogP contribution in [-0.2, 0) is 4.79 Å². The standard InChI is InChI=1S/C16H26N2O/c19-16(15-11-5-1-2-6-12(11)15)18-10-4-8-14(18)13-7-3-9-17-13/h11-15,17H,1-10H2. The van der Waals surface area contributed by atoms with E-state index in [0.717, 1.165) is 24.9 Å². The molecule has 0 bridgehead atoms. The van der Waals surface area contributed by atoms with E-state index in [0.29, 0.717) is 23.9 Å². The summed E-state index contributed by atoms with van der Waals surface area (Å²) in [6.45, 7) is 2.18. The highest BCUT2D eigenvalue weighted by Crippen LogP contribution is 2.56. The van der Waals surface area contributed by atoms with Crippen LogP contribution in [0.5, 0.6) is 0 Å². The summed E-state index contributed by atoms with van der Waals surface area (Å²) in [5.74, 6) is 2.47. The Morgan fingerprint density at radius 2 is 1.74 bits per heavy atom. The van der Waals surface area contributed by atoms with Gasteiger partial charge >= 0.3 is 0 Å². The van der Waals surface area contributed by atoms with Crippen LogP contribution in [0.3, 0.4) is 0 Å². The Morgan fingerprint density at radius 3 is 2.42 bits per heavy atom. The molecule has 2 saturated heterocycles. The number of hydrogen-bond donors (Lipinski definition) is 1. The first kappa shape index (κ1) is 12.2. The fourth-order valence-electron chi connectivity index (χ4n) is 5.07. The molecule has 0 aromatic heterocycles. The molecule has 0 aromatic rings. The molecule has 1 amide bonds. The van der Waals surface area contributed by atoms with Crippen molar-refractivity contribution in [2.75, 3.05) is 13.1 Å². The number of fused-ring (bicyclic) bond motifs is 1. The van der Waals surface area contributed by atoms with Crippen molar-refractivity contribution in [3.05, 3.63) is 0 Å². The Balaban J connectivity index is 1.44. The summed E-state index contributed by atoms with van der Waals surface area (Å²) in [6.07, 6.45) is 10.4. The Labute approximate surface area is 116 Å². The molecule has 0 radical (unpaired) electrons. The monoisotopic (exact) mass is 262 g/mol. The van der Waals surface area contributed by atoms with E-state index in [-0.39, 0.29) is 0 Å². The Kier molecular flexibility index (Phi) is 3.06. The minimum atomic E-state index is 0.421. The lowest BCUT2D eigenvalue weighted by Gasteiger charge is -2.30. The number of nitrogens with one attached hydrogen (secondary N) is 1. The van der Waals surface area contributed by atoms with E-state index in [1.807, 2.05) is 0 Å². The third-order valence-corrected chi connectivity index (χ3v) is 6.09. The highest BCUT2D eigenvalue weighted by Gasteiger charge is 2.56. The summed E-state index contributed by atoms with van der Waals surface area (Å²) in [7, 11) is 0. The van der Waals surface area contributed by atoms with Crippen LogP contribution >= 0.6 is 0 Å². The van der Waals surface area contributed by atoms with Crippen molar-refractivity contribution < 1.29 is 4.79 Å². The van der Waals surface area contributed by atoms with Crippen molar-refractivity contribution in [1.82, 2.24) is 10.2 Å². The zero-order valence-electron chi connectivity index (χ0n) is 11.8. The molecule has 106 valence electrons. The van der Waals surface area contributed by atoms with Crippen molar-refractivity contribution in [3.8, 4) is 0 Å². The van der Waals surface area contributed by atoms with Gasteiger partial charge in [0.2, 0.25) is 5.91 Å². The molecule has 4 atom stereocenters. The molecule has 3 heteroatoms. The van der Waals surface area contributed by atoms with E-state index in [2.05, 4.69) is 10.2 Å². The first-order valence-corrected chi connectivity index (χ1v) is 8.40. The zero-order valence-corrected chi connectivity index (χ0v) is 11.8. The maximum Gasteiger partial charge on any atom is 0.226 e. The first-order valence-electron chi connectivity index (χ1n) is 8.40. The third-order valence-electron chi connectivity index (χ3n) is 6.09. The molecule has 4 fully saturated rings. The summed E-state index contributed by atoms with van der Waals surface area (Å²) in [6, 6.07) is 1.10. The molecule has 1 N–H and O–H groups in total. The van der Waals surface area contributed by atoms with Gasteiger partial charge < -0.3 is 10.2 Å². The lowest BCUT2D eigenvalue weighted by Crippen LogP contribution is -2.47. The molecule has 4 unspecified atom stereocenters. The maximum absolute atomic E-state index is 12.8. The second-order valence-corrected chi connectivity index (χ2v) is 7.08. The fraction of sp³-hybridized carbons (Fsp3) is 0.938. The molecule has 0 aromatic carbocycles. The van der Waals surface area contributed by atoms with Gasteiger partial charge in [-0.15, -0.1) is 0 Å². The molecular formula is C16H26N2O. The number of nitrogens with zero attached hydrogens (tertiary/aromatic N) is 1. The van der Waals surface area contributed by atoms with Crippen molar-refractivity contribution in [2.24, 2.45) is 17.8 Å². The van der Waals surface area contributed by atoms with E-state index in [1.165, 1.54) is 51.4 Å². The number of hydrogen-bond acceptors (Lipinski definition) is 2. The molecule has 2 heterocycles. The van der Waals surface area contributed by atoms with Crippen molar-refractivity contribution in [2.45, 2.75) is 63.5 Å². The molecule has 3 nitrogen and oxygen atoms in total. The number of carbonyl (C=O) groups excluding carboxylic acids is 1. The molecule has 4 aliphatic rings. The average molecular weight is 262 g/mol. The second-order valence-electron chi connectivity index (χ2n) is 7.08. The van der Waals surface area contributed by atoms with Gasteiger partial charge in [-0.3, -0.25) is 4.79 Å². The summed E-state index contributed by atoms with van der Waals surface area (Å²) < 4.78 is 0. The number of likely N-dealkylation sites (tertiary alicyclic amines) is 1. The van der Waals surface area contributed by atoms with Crippen LogP contribution in [0.25, 0.3) is 0 Å². The minimum Gasteiger partial charge on any atom is -0.338 e. The van der Waals surface area contributed by atoms with Gasteiger partial charge in [-0.05, 0) is 56.9 Å². The van der Waals surface area contributed by atoms with Crippen molar-refractivity contribution in [1.29, 1.82) is 0 Å². The van der Waals surface area contributed by atoms with Gasteiger partial charge in [-0.1, -0.05) is 12.8 Å². The van der Waals surface area contributed by atoms with Crippen LogP contribution in [0.2, 0.25) is 0 Å². The van der Waals surface area contributed by atoms with Crippen LogP contribution in [0.15, 0.2) is 0 Å². The van der Waals surface area contributed by atoms with Crippen molar-refractivity contribution >= 4 is 5.91 Å². The summed E-state index contributed by atoms with van der Waals surface area (Å²) in [4.78, 5) is 15.1. The predicted octanol–water partition coefficient (Wildman–Crippen LogP) is 2.17. The maximum atomic E-state index is 12.8. The summed E-state index contributed by atoms with van der Waals surface area (Å²) in [5, 5.41) is 3.61. The number of amides is 1. The molecular weight excluding hydrogens is 236 g/mol. The molecule has 2 aliphatic heterocycles. The van der Waals surface area contributed by atoms with Gasteiger partial charge in [-0.2, -0.15) is 0 Å². The Morgan fingerprint density at radius 1 is 0.947 bits per heavy atom. The summed E-state index contributed by atoms with van der Waals surface area (Å²) >= 11 is 0. The smallest absolute Gasteiger partial charge is 0.226 e. The Hall–Kier alpha value is -0.570. The van der Waals surface area contributed by atoms with Gasteiger partial charge in [0.25, 0.3) is 0 Å². The van der Waals surface area contributed by atoms with Crippen LogP contribution in [-0.4, -0.2) is 36.0 Å². The van der Waals surface area contributed by atoms with E-state index < -0.39 is 0 Å². The van der Waals surface area contributed by atoms with E-state index in [1.54, 1.807) is 0 Å². The normalized spacial score (nSPS) is 45.3. The van der Waals surface area contributed by atoms with Crippen LogP contribution in [0.1, 0.15) is 51.4 Å². The third kappa shape index (κ3) is 2.01. The van der Waals surface area contributed by atoms with Gasteiger partial charge in [0.15, 0.2) is 0 Å².